The molecular weight excluding hydrogens is 392 g/mol. The van der Waals surface area contributed by atoms with Crippen LogP contribution in [0.5, 0.6) is 0 Å². The van der Waals surface area contributed by atoms with E-state index in [4.69, 9.17) is 0 Å². The fourth-order valence-corrected chi connectivity index (χ4v) is 2.92. The number of nitrogens with one attached hydrogen (secondary N) is 1. The highest BCUT2D eigenvalue weighted by atomic mass is 79.9. The second-order valence-corrected chi connectivity index (χ2v) is 6.15. The Labute approximate surface area is 133 Å². The van der Waals surface area contributed by atoms with Gasteiger partial charge in [-0.25, -0.2) is 8.78 Å². The second kappa shape index (κ2) is 6.78. The molecule has 0 aromatic heterocycles. The molecule has 0 fully saturated rings. The van der Waals surface area contributed by atoms with E-state index in [0.29, 0.717) is 0 Å². The van der Waals surface area contributed by atoms with Gasteiger partial charge in [-0.05, 0) is 46.6 Å². The van der Waals surface area contributed by atoms with Gasteiger partial charge in [-0.3, -0.25) is 0 Å². The first-order chi connectivity index (χ1) is 9.50. The second-order valence-electron chi connectivity index (χ2n) is 4.45. The molecule has 1 atom stereocenters. The molecular formula is C15H13Br2F2N. The van der Waals surface area contributed by atoms with Gasteiger partial charge in [0.25, 0.3) is 0 Å². The van der Waals surface area contributed by atoms with Crippen molar-refractivity contribution in [3.05, 3.63) is 68.1 Å². The molecule has 106 valence electrons. The lowest BCUT2D eigenvalue weighted by atomic mass is 10.1. The van der Waals surface area contributed by atoms with E-state index >= 15 is 0 Å². The van der Waals surface area contributed by atoms with Crippen LogP contribution in [0.1, 0.15) is 24.1 Å². The topological polar surface area (TPSA) is 12.0 Å². The van der Waals surface area contributed by atoms with E-state index in [-0.39, 0.29) is 22.6 Å². The Balaban J connectivity index is 2.14. The van der Waals surface area contributed by atoms with Crippen LogP contribution in [-0.4, -0.2) is 0 Å². The van der Waals surface area contributed by atoms with E-state index in [9.17, 15) is 8.78 Å². The lowest BCUT2D eigenvalue weighted by molar-refractivity contribution is 0.506. The number of halogens is 4. The molecule has 0 spiro atoms. The van der Waals surface area contributed by atoms with Crippen molar-refractivity contribution in [2.75, 3.05) is 0 Å². The molecule has 2 aromatic rings. The van der Waals surface area contributed by atoms with Crippen LogP contribution in [0.2, 0.25) is 0 Å². The third kappa shape index (κ3) is 3.45. The smallest absolute Gasteiger partial charge is 0.144 e. The van der Waals surface area contributed by atoms with E-state index in [1.807, 2.05) is 31.2 Å². The van der Waals surface area contributed by atoms with Crippen molar-refractivity contribution >= 4 is 31.9 Å². The highest BCUT2D eigenvalue weighted by Crippen LogP contribution is 2.25. The van der Waals surface area contributed by atoms with Gasteiger partial charge in [-0.1, -0.05) is 34.1 Å². The van der Waals surface area contributed by atoms with E-state index in [0.717, 1.165) is 10.0 Å². The largest absolute Gasteiger partial charge is 0.306 e. The molecule has 0 radical (unpaired) electrons. The van der Waals surface area contributed by atoms with E-state index in [1.54, 1.807) is 0 Å². The van der Waals surface area contributed by atoms with Crippen molar-refractivity contribution < 1.29 is 8.78 Å². The monoisotopic (exact) mass is 403 g/mol. The summed E-state index contributed by atoms with van der Waals surface area (Å²) < 4.78 is 28.7. The fourth-order valence-electron chi connectivity index (χ4n) is 1.92. The molecule has 0 aliphatic carbocycles. The highest BCUT2D eigenvalue weighted by Gasteiger charge is 2.14. The van der Waals surface area contributed by atoms with Gasteiger partial charge in [0, 0.05) is 22.6 Å². The van der Waals surface area contributed by atoms with Crippen LogP contribution >= 0.6 is 31.9 Å². The SMILES string of the molecule is C[C@@H](NCc1c(F)ccc(Br)c1F)c1ccccc1Br. The average Bonchev–Trinajstić information content (AvgIpc) is 2.43. The van der Waals surface area contributed by atoms with E-state index in [2.05, 4.69) is 37.2 Å². The molecule has 0 aliphatic rings. The van der Waals surface area contributed by atoms with Crippen molar-refractivity contribution in [1.82, 2.24) is 5.32 Å². The van der Waals surface area contributed by atoms with Crippen LogP contribution in [0, 0.1) is 11.6 Å². The van der Waals surface area contributed by atoms with Gasteiger partial charge >= 0.3 is 0 Å². The molecule has 20 heavy (non-hydrogen) atoms. The number of hydrogen-bond acceptors (Lipinski definition) is 1. The Kier molecular flexibility index (Phi) is 5.29. The summed E-state index contributed by atoms with van der Waals surface area (Å²) in [5.74, 6) is -1.10. The van der Waals surface area contributed by atoms with Crippen molar-refractivity contribution in [3.63, 3.8) is 0 Å². The standard InChI is InChI=1S/C15H13Br2F2N/c1-9(10-4-2-3-5-12(10)16)20-8-11-14(18)7-6-13(17)15(11)19/h2-7,9,20H,8H2,1H3/t9-/m1/s1. The summed E-state index contributed by atoms with van der Waals surface area (Å²) >= 11 is 6.53. The van der Waals surface area contributed by atoms with Gasteiger partial charge in [0.15, 0.2) is 0 Å². The minimum Gasteiger partial charge on any atom is -0.306 e. The molecule has 5 heteroatoms. The van der Waals surface area contributed by atoms with Crippen LogP contribution in [0.15, 0.2) is 45.3 Å². The number of hydrogen-bond donors (Lipinski definition) is 1. The van der Waals surface area contributed by atoms with E-state index in [1.165, 1.54) is 12.1 Å². The Hall–Kier alpha value is -0.780. The summed E-state index contributed by atoms with van der Waals surface area (Å²) in [7, 11) is 0. The Morgan fingerprint density at radius 2 is 1.75 bits per heavy atom. The maximum absolute atomic E-state index is 13.9. The van der Waals surface area contributed by atoms with Gasteiger partial charge in [0.1, 0.15) is 11.6 Å². The third-order valence-electron chi connectivity index (χ3n) is 3.10. The zero-order valence-electron chi connectivity index (χ0n) is 10.8. The molecule has 1 nitrogen and oxygen atoms in total. The van der Waals surface area contributed by atoms with Crippen LogP contribution in [0.4, 0.5) is 8.78 Å². The summed E-state index contributed by atoms with van der Waals surface area (Å²) in [6.45, 7) is 2.08. The van der Waals surface area contributed by atoms with Gasteiger partial charge in [0.05, 0.1) is 4.47 Å². The molecule has 0 saturated heterocycles. The summed E-state index contributed by atoms with van der Waals surface area (Å²) in [5, 5.41) is 3.13. The first kappa shape index (κ1) is 15.6. The normalized spacial score (nSPS) is 12.4. The minimum absolute atomic E-state index is 0.0247. The number of rotatable bonds is 4. The molecule has 1 N–H and O–H groups in total. The van der Waals surface area contributed by atoms with Gasteiger partial charge < -0.3 is 5.32 Å². The van der Waals surface area contributed by atoms with Crippen molar-refractivity contribution in [1.29, 1.82) is 0 Å². The van der Waals surface area contributed by atoms with Crippen LogP contribution in [-0.2, 0) is 6.54 Å². The van der Waals surface area contributed by atoms with Crippen LogP contribution in [0.25, 0.3) is 0 Å². The molecule has 0 amide bonds. The maximum atomic E-state index is 13.9. The third-order valence-corrected chi connectivity index (χ3v) is 4.43. The molecule has 0 heterocycles. The van der Waals surface area contributed by atoms with Gasteiger partial charge in [-0.2, -0.15) is 0 Å². The predicted octanol–water partition coefficient (Wildman–Crippen LogP) is 5.34. The summed E-state index contributed by atoms with van der Waals surface area (Å²) in [6.07, 6.45) is 0. The predicted molar refractivity (Wildman–Crippen MR) is 83.5 cm³/mol. The molecule has 0 aliphatic heterocycles. The summed E-state index contributed by atoms with van der Waals surface area (Å²) in [6, 6.07) is 10.4. The molecule has 0 saturated carbocycles. The average molecular weight is 405 g/mol. The summed E-state index contributed by atoms with van der Waals surface area (Å²) in [4.78, 5) is 0. The zero-order chi connectivity index (χ0) is 14.7. The lowest BCUT2D eigenvalue weighted by Crippen LogP contribution is -2.20. The lowest BCUT2D eigenvalue weighted by Gasteiger charge is -2.16. The fraction of sp³-hybridized carbons (Fsp3) is 0.200. The maximum Gasteiger partial charge on any atom is 0.144 e. The quantitative estimate of drug-likeness (QED) is 0.678. The van der Waals surface area contributed by atoms with Crippen LogP contribution in [0.3, 0.4) is 0 Å². The van der Waals surface area contributed by atoms with Crippen molar-refractivity contribution in [2.24, 2.45) is 0 Å². The zero-order valence-corrected chi connectivity index (χ0v) is 13.9. The molecule has 2 aromatic carbocycles. The van der Waals surface area contributed by atoms with Gasteiger partial charge in [-0.15, -0.1) is 0 Å². The highest BCUT2D eigenvalue weighted by molar-refractivity contribution is 9.10. The van der Waals surface area contributed by atoms with Crippen LogP contribution < -0.4 is 5.32 Å². The van der Waals surface area contributed by atoms with Crippen molar-refractivity contribution in [2.45, 2.75) is 19.5 Å². The first-order valence-electron chi connectivity index (χ1n) is 6.11. The Bertz CT molecular complexity index is 617. The minimum atomic E-state index is -0.558. The number of benzene rings is 2. The molecule has 0 bridgehead atoms. The Morgan fingerprint density at radius 3 is 2.45 bits per heavy atom. The first-order valence-corrected chi connectivity index (χ1v) is 7.69. The van der Waals surface area contributed by atoms with Gasteiger partial charge in [0.2, 0.25) is 0 Å². The molecule has 0 unspecified atom stereocenters. The van der Waals surface area contributed by atoms with E-state index < -0.39 is 11.6 Å². The molecule has 2 rings (SSSR count). The summed E-state index contributed by atoms with van der Waals surface area (Å²) in [5.41, 5.74) is 1.08. The van der Waals surface area contributed by atoms with Crippen molar-refractivity contribution in [3.8, 4) is 0 Å². The Morgan fingerprint density at radius 1 is 1.05 bits per heavy atom.